The van der Waals surface area contributed by atoms with Gasteiger partial charge in [-0.25, -0.2) is 0 Å². The van der Waals surface area contributed by atoms with Crippen LogP contribution in [-0.4, -0.2) is 23.3 Å². The largest absolute Gasteiger partial charge is 0.294 e. The maximum atomic E-state index is 13.3. The first kappa shape index (κ1) is 20.8. The van der Waals surface area contributed by atoms with Crippen LogP contribution in [0.3, 0.4) is 0 Å². The van der Waals surface area contributed by atoms with Crippen molar-refractivity contribution in [2.24, 2.45) is 5.92 Å². The van der Waals surface area contributed by atoms with Crippen molar-refractivity contribution in [2.75, 3.05) is 0 Å². The molecule has 0 aliphatic heterocycles. The van der Waals surface area contributed by atoms with Gasteiger partial charge < -0.3 is 0 Å². The molecule has 0 saturated heterocycles. The fourth-order valence-electron chi connectivity index (χ4n) is 3.10. The Kier molecular flexibility index (Phi) is 7.13. The van der Waals surface area contributed by atoms with E-state index in [1.807, 2.05) is 61.5 Å². The van der Waals surface area contributed by atoms with Crippen molar-refractivity contribution >= 4 is 24.7 Å². The molecule has 2 nitrogen and oxygen atoms in total. The van der Waals surface area contributed by atoms with E-state index >= 15 is 0 Å². The molecule has 26 heavy (non-hydrogen) atoms. The van der Waals surface area contributed by atoms with Gasteiger partial charge in [0.15, 0.2) is 5.78 Å². The molecular weight excluding hydrogens is 356 g/mol. The zero-order valence-electron chi connectivity index (χ0n) is 16.5. The first-order valence-corrected chi connectivity index (χ1v) is 14.1. The lowest BCUT2D eigenvalue weighted by atomic mass is 9.97. The Morgan fingerprint density at radius 1 is 1.00 bits per heavy atom. The summed E-state index contributed by atoms with van der Waals surface area (Å²) in [6.45, 7) is 11.0. The summed E-state index contributed by atoms with van der Waals surface area (Å²) in [5.74, 6) is 0.219. The molecule has 0 fully saturated rings. The lowest BCUT2D eigenvalue weighted by Gasteiger charge is -2.28. The molecule has 0 heterocycles. The van der Waals surface area contributed by atoms with Gasteiger partial charge in [0, 0.05) is 30.2 Å². The Labute approximate surface area is 161 Å². The van der Waals surface area contributed by atoms with E-state index in [2.05, 4.69) is 26.6 Å². The normalized spacial score (nSPS) is 15.3. The first-order chi connectivity index (χ1) is 12.2. The fourth-order valence-corrected chi connectivity index (χ4v) is 8.09. The third-order valence-electron chi connectivity index (χ3n) is 4.58. The van der Waals surface area contributed by atoms with Crippen LogP contribution in [0.25, 0.3) is 0 Å². The van der Waals surface area contributed by atoms with Gasteiger partial charge in [0.1, 0.15) is 0 Å². The number of carbonyl (C=O) groups excluding carboxylic acids is 1. The molecule has 0 unspecified atom stereocenters. The highest BCUT2D eigenvalue weighted by molar-refractivity contribution is 7.85. The predicted octanol–water partition coefficient (Wildman–Crippen LogP) is 5.72. The number of ketones is 1. The second-order valence-corrected chi connectivity index (χ2v) is 15.6. The molecule has 3 atom stereocenters. The van der Waals surface area contributed by atoms with Crippen LogP contribution in [0.15, 0.2) is 59.5 Å². The predicted molar refractivity (Wildman–Crippen MR) is 114 cm³/mol. The minimum atomic E-state index is -1.42. The van der Waals surface area contributed by atoms with Gasteiger partial charge in [-0.15, -0.1) is 0 Å². The average Bonchev–Trinajstić information content (AvgIpc) is 2.59. The van der Waals surface area contributed by atoms with E-state index in [0.29, 0.717) is 6.42 Å². The third kappa shape index (κ3) is 6.03. The quantitative estimate of drug-likeness (QED) is 0.429. The van der Waals surface area contributed by atoms with Crippen molar-refractivity contribution < 1.29 is 9.00 Å². The van der Waals surface area contributed by atoms with E-state index in [0.717, 1.165) is 16.5 Å². The maximum absolute atomic E-state index is 13.3. The van der Waals surface area contributed by atoms with Gasteiger partial charge in [-0.3, -0.25) is 9.00 Å². The smallest absolute Gasteiger partial charge is 0.163 e. The highest BCUT2D eigenvalue weighted by atomic mass is 32.2. The Morgan fingerprint density at radius 2 is 1.58 bits per heavy atom. The molecule has 0 aromatic heterocycles. The van der Waals surface area contributed by atoms with Gasteiger partial charge in [0.25, 0.3) is 0 Å². The van der Waals surface area contributed by atoms with Crippen molar-refractivity contribution in [1.82, 2.24) is 0 Å². The molecule has 2 aromatic rings. The SMILES string of the molecule is Cc1ccc([S@](=O)[C@@H](C[Si](C)(C)C)[C@@H](C)CC(=O)c2ccccc2)cc1. The van der Waals surface area contributed by atoms with E-state index in [1.165, 1.54) is 5.56 Å². The van der Waals surface area contributed by atoms with Crippen LogP contribution in [0.5, 0.6) is 0 Å². The van der Waals surface area contributed by atoms with Gasteiger partial charge in [0.2, 0.25) is 0 Å². The van der Waals surface area contributed by atoms with Crippen LogP contribution in [-0.2, 0) is 10.8 Å². The molecule has 0 N–H and O–H groups in total. The molecule has 4 heteroatoms. The maximum Gasteiger partial charge on any atom is 0.163 e. The Balaban J connectivity index is 2.21. The first-order valence-electron chi connectivity index (χ1n) is 9.23. The molecule has 0 amide bonds. The molecule has 140 valence electrons. The van der Waals surface area contributed by atoms with Gasteiger partial charge in [-0.2, -0.15) is 0 Å². The van der Waals surface area contributed by atoms with Gasteiger partial charge in [-0.1, -0.05) is 74.6 Å². The van der Waals surface area contributed by atoms with Gasteiger partial charge >= 0.3 is 0 Å². The Hall–Kier alpha value is -1.52. The zero-order chi connectivity index (χ0) is 19.3. The minimum absolute atomic E-state index is 0.0111. The van der Waals surface area contributed by atoms with Crippen LogP contribution in [0.1, 0.15) is 29.3 Å². The summed E-state index contributed by atoms with van der Waals surface area (Å²) < 4.78 is 13.3. The van der Waals surface area contributed by atoms with Gasteiger partial charge in [-0.05, 0) is 31.0 Å². The monoisotopic (exact) mass is 386 g/mol. The van der Waals surface area contributed by atoms with E-state index in [-0.39, 0.29) is 17.0 Å². The molecule has 0 aliphatic carbocycles. The molecule has 0 radical (unpaired) electrons. The standard InChI is InChI=1S/C22H30O2SSi/c1-17-11-13-20(14-12-17)25(24)22(16-26(3,4)5)18(2)15-21(23)19-9-7-6-8-10-19/h6-14,18,22H,15-16H2,1-5H3/t18-,22-,25-/m0/s1. The third-order valence-corrected chi connectivity index (χ3v) is 8.46. The van der Waals surface area contributed by atoms with E-state index < -0.39 is 18.9 Å². The van der Waals surface area contributed by atoms with Crippen LogP contribution >= 0.6 is 0 Å². The Bertz CT molecular complexity index is 748. The summed E-state index contributed by atoms with van der Waals surface area (Å²) in [5.41, 5.74) is 1.91. The van der Waals surface area contributed by atoms with Crippen LogP contribution in [0.2, 0.25) is 25.7 Å². The van der Waals surface area contributed by atoms with Crippen LogP contribution in [0.4, 0.5) is 0 Å². The molecule has 2 aromatic carbocycles. The van der Waals surface area contributed by atoms with Crippen LogP contribution < -0.4 is 0 Å². The van der Waals surface area contributed by atoms with Crippen molar-refractivity contribution in [3.05, 3.63) is 65.7 Å². The lowest BCUT2D eigenvalue weighted by molar-refractivity contribution is 0.0964. The molecule has 2 rings (SSSR count). The number of rotatable bonds is 8. The summed E-state index contributed by atoms with van der Waals surface area (Å²) >= 11 is 0. The molecular formula is C22H30O2SSi. The molecule has 0 saturated carbocycles. The van der Waals surface area contributed by atoms with Crippen LogP contribution in [0, 0.1) is 12.8 Å². The van der Waals surface area contributed by atoms with Crippen molar-refractivity contribution in [3.8, 4) is 0 Å². The number of Topliss-reactive ketones (excluding diaryl/α,β-unsaturated/α-hetero) is 1. The highest BCUT2D eigenvalue weighted by Gasteiger charge is 2.31. The average molecular weight is 387 g/mol. The van der Waals surface area contributed by atoms with E-state index in [4.69, 9.17) is 0 Å². The highest BCUT2D eigenvalue weighted by Crippen LogP contribution is 2.29. The zero-order valence-corrected chi connectivity index (χ0v) is 18.3. The van der Waals surface area contributed by atoms with E-state index in [1.54, 1.807) is 0 Å². The van der Waals surface area contributed by atoms with Crippen molar-refractivity contribution in [3.63, 3.8) is 0 Å². The topological polar surface area (TPSA) is 34.1 Å². The molecule has 0 bridgehead atoms. The lowest BCUT2D eigenvalue weighted by Crippen LogP contribution is -2.34. The van der Waals surface area contributed by atoms with Crippen molar-refractivity contribution in [2.45, 2.75) is 56.1 Å². The number of aryl methyl sites for hydroxylation is 1. The molecule has 0 spiro atoms. The number of hydrogen-bond donors (Lipinski definition) is 0. The molecule has 0 aliphatic rings. The summed E-state index contributed by atoms with van der Waals surface area (Å²) in [5, 5.41) is 0.0111. The Morgan fingerprint density at radius 3 is 2.12 bits per heavy atom. The number of benzene rings is 2. The van der Waals surface area contributed by atoms with Crippen molar-refractivity contribution in [1.29, 1.82) is 0 Å². The summed E-state index contributed by atoms with van der Waals surface area (Å²) in [4.78, 5) is 13.5. The fraction of sp³-hybridized carbons (Fsp3) is 0.409. The summed E-state index contributed by atoms with van der Waals surface area (Å²) in [7, 11) is -2.52. The van der Waals surface area contributed by atoms with E-state index in [9.17, 15) is 9.00 Å². The minimum Gasteiger partial charge on any atom is -0.294 e. The summed E-state index contributed by atoms with van der Waals surface area (Å²) in [6, 6.07) is 18.3. The summed E-state index contributed by atoms with van der Waals surface area (Å²) in [6.07, 6.45) is 0.441. The number of hydrogen-bond acceptors (Lipinski definition) is 2. The number of carbonyl (C=O) groups is 1. The second-order valence-electron chi connectivity index (χ2n) is 8.38. The second kappa shape index (κ2) is 8.91. The van der Waals surface area contributed by atoms with Gasteiger partial charge in [0.05, 0.1) is 10.8 Å².